The van der Waals surface area contributed by atoms with Gasteiger partial charge in [-0.1, -0.05) is 26.7 Å². The van der Waals surface area contributed by atoms with Gasteiger partial charge >= 0.3 is 0 Å². The van der Waals surface area contributed by atoms with Gasteiger partial charge in [-0.3, -0.25) is 4.68 Å². The maximum absolute atomic E-state index is 5.06. The zero-order valence-corrected chi connectivity index (χ0v) is 12.4. The van der Waals surface area contributed by atoms with E-state index in [0.717, 1.165) is 24.1 Å². The Hall–Kier alpha value is -1.03. The van der Waals surface area contributed by atoms with Gasteiger partial charge in [0.15, 0.2) is 0 Å². The third-order valence-corrected chi connectivity index (χ3v) is 4.19. The predicted octanol–water partition coefficient (Wildman–Crippen LogP) is 3.16. The minimum atomic E-state index is 0.612. The van der Waals surface area contributed by atoms with Crippen LogP contribution in [0.15, 0.2) is 12.4 Å². The van der Waals surface area contributed by atoms with Crippen LogP contribution in [0, 0.1) is 11.8 Å². The fourth-order valence-electron chi connectivity index (χ4n) is 2.95. The van der Waals surface area contributed by atoms with E-state index in [9.17, 15) is 0 Å². The second-order valence-corrected chi connectivity index (χ2v) is 6.00. The highest BCUT2D eigenvalue weighted by molar-refractivity contribution is 5.39. The molecule has 0 amide bonds. The lowest BCUT2D eigenvalue weighted by Gasteiger charge is -2.32. The third kappa shape index (κ3) is 4.23. The van der Waals surface area contributed by atoms with Gasteiger partial charge in [-0.2, -0.15) is 5.10 Å². The Kier molecular flexibility index (Phi) is 5.25. The molecule has 1 aliphatic carbocycles. The first-order chi connectivity index (χ1) is 9.19. The predicted molar refractivity (Wildman–Crippen MR) is 78.3 cm³/mol. The molecule has 108 valence electrons. The van der Waals surface area contributed by atoms with E-state index in [1.165, 1.54) is 25.7 Å². The van der Waals surface area contributed by atoms with E-state index in [1.54, 1.807) is 7.11 Å². The standard InChI is InChI=1S/C15H27N3O/c1-12(2)13-5-4-6-14(9-13)17-15-10-16-18(11-15)7-8-19-3/h10-14,17H,4-9H2,1-3H3. The highest BCUT2D eigenvalue weighted by Crippen LogP contribution is 2.31. The first-order valence-electron chi connectivity index (χ1n) is 7.47. The summed E-state index contributed by atoms with van der Waals surface area (Å²) < 4.78 is 7.00. The first-order valence-corrected chi connectivity index (χ1v) is 7.47. The minimum Gasteiger partial charge on any atom is -0.383 e. The van der Waals surface area contributed by atoms with Crippen LogP contribution >= 0.6 is 0 Å². The summed E-state index contributed by atoms with van der Waals surface area (Å²) in [6, 6.07) is 0.612. The Bertz CT molecular complexity index is 375. The third-order valence-electron chi connectivity index (χ3n) is 4.19. The van der Waals surface area contributed by atoms with E-state index >= 15 is 0 Å². The quantitative estimate of drug-likeness (QED) is 0.858. The number of hydrogen-bond donors (Lipinski definition) is 1. The van der Waals surface area contributed by atoms with Crippen molar-refractivity contribution in [2.75, 3.05) is 19.0 Å². The number of aromatic nitrogens is 2. The number of nitrogens with one attached hydrogen (secondary N) is 1. The number of rotatable bonds is 6. The number of methoxy groups -OCH3 is 1. The molecule has 4 nitrogen and oxygen atoms in total. The molecule has 2 rings (SSSR count). The number of ether oxygens (including phenoxy) is 1. The monoisotopic (exact) mass is 265 g/mol. The molecule has 0 spiro atoms. The molecular weight excluding hydrogens is 238 g/mol. The van der Waals surface area contributed by atoms with Crippen molar-refractivity contribution in [1.29, 1.82) is 0 Å². The summed E-state index contributed by atoms with van der Waals surface area (Å²) in [5, 5.41) is 7.99. The van der Waals surface area contributed by atoms with E-state index in [2.05, 4.69) is 30.5 Å². The molecule has 1 heterocycles. The molecule has 1 fully saturated rings. The van der Waals surface area contributed by atoms with Crippen molar-refractivity contribution in [3.05, 3.63) is 12.4 Å². The lowest BCUT2D eigenvalue weighted by molar-refractivity contribution is 0.183. The Morgan fingerprint density at radius 1 is 1.47 bits per heavy atom. The van der Waals surface area contributed by atoms with Crippen molar-refractivity contribution in [1.82, 2.24) is 9.78 Å². The highest BCUT2D eigenvalue weighted by atomic mass is 16.5. The average molecular weight is 265 g/mol. The molecule has 1 aromatic rings. The molecule has 1 saturated carbocycles. The topological polar surface area (TPSA) is 39.1 Å². The van der Waals surface area contributed by atoms with Gasteiger partial charge in [-0.25, -0.2) is 0 Å². The van der Waals surface area contributed by atoms with Crippen molar-refractivity contribution in [3.63, 3.8) is 0 Å². The van der Waals surface area contributed by atoms with Gasteiger partial charge in [0, 0.05) is 19.3 Å². The maximum atomic E-state index is 5.06. The van der Waals surface area contributed by atoms with Gasteiger partial charge in [0.05, 0.1) is 25.0 Å². The van der Waals surface area contributed by atoms with E-state index in [1.807, 2.05) is 10.9 Å². The molecule has 4 heteroatoms. The lowest BCUT2D eigenvalue weighted by Crippen LogP contribution is -2.29. The van der Waals surface area contributed by atoms with Gasteiger partial charge in [0.1, 0.15) is 0 Å². The number of nitrogens with zero attached hydrogens (tertiary/aromatic N) is 2. The molecule has 0 radical (unpaired) electrons. The summed E-state index contributed by atoms with van der Waals surface area (Å²) >= 11 is 0. The lowest BCUT2D eigenvalue weighted by atomic mass is 9.79. The molecule has 1 N–H and O–H groups in total. The number of anilines is 1. The molecule has 1 aliphatic rings. The maximum Gasteiger partial charge on any atom is 0.0728 e. The van der Waals surface area contributed by atoms with E-state index < -0.39 is 0 Å². The second kappa shape index (κ2) is 6.94. The van der Waals surface area contributed by atoms with Crippen molar-refractivity contribution >= 4 is 5.69 Å². The smallest absolute Gasteiger partial charge is 0.0728 e. The van der Waals surface area contributed by atoms with E-state index in [0.29, 0.717) is 12.6 Å². The second-order valence-electron chi connectivity index (χ2n) is 6.00. The summed E-state index contributed by atoms with van der Waals surface area (Å²) in [5.41, 5.74) is 1.14. The van der Waals surface area contributed by atoms with Crippen LogP contribution in [0.2, 0.25) is 0 Å². The Labute approximate surface area is 116 Å². The SMILES string of the molecule is COCCn1cc(NC2CCCC(C(C)C)C2)cn1. The molecule has 2 atom stereocenters. The van der Waals surface area contributed by atoms with Crippen LogP contribution in [0.25, 0.3) is 0 Å². The van der Waals surface area contributed by atoms with Gasteiger partial charge in [-0.05, 0) is 24.7 Å². The molecule has 0 aliphatic heterocycles. The number of hydrogen-bond acceptors (Lipinski definition) is 3. The van der Waals surface area contributed by atoms with Gasteiger partial charge in [-0.15, -0.1) is 0 Å². The fourth-order valence-corrected chi connectivity index (χ4v) is 2.95. The molecule has 19 heavy (non-hydrogen) atoms. The van der Waals surface area contributed by atoms with Gasteiger partial charge in [0.25, 0.3) is 0 Å². The van der Waals surface area contributed by atoms with Crippen molar-refractivity contribution < 1.29 is 4.74 Å². The van der Waals surface area contributed by atoms with E-state index in [-0.39, 0.29) is 0 Å². The van der Waals surface area contributed by atoms with Crippen molar-refractivity contribution in [2.45, 2.75) is 52.1 Å². The summed E-state index contributed by atoms with van der Waals surface area (Å²) in [6.07, 6.45) is 9.32. The van der Waals surface area contributed by atoms with Crippen LogP contribution in [-0.2, 0) is 11.3 Å². The normalized spacial score (nSPS) is 23.8. The Morgan fingerprint density at radius 3 is 3.05 bits per heavy atom. The van der Waals surface area contributed by atoms with Gasteiger partial charge in [0.2, 0.25) is 0 Å². The van der Waals surface area contributed by atoms with Crippen LogP contribution in [0.4, 0.5) is 5.69 Å². The highest BCUT2D eigenvalue weighted by Gasteiger charge is 2.24. The van der Waals surface area contributed by atoms with Crippen molar-refractivity contribution in [2.24, 2.45) is 11.8 Å². The summed E-state index contributed by atoms with van der Waals surface area (Å²) in [6.45, 7) is 6.21. The molecule has 1 aromatic heterocycles. The summed E-state index contributed by atoms with van der Waals surface area (Å²) in [4.78, 5) is 0. The Morgan fingerprint density at radius 2 is 2.32 bits per heavy atom. The van der Waals surface area contributed by atoms with Gasteiger partial charge < -0.3 is 10.1 Å². The van der Waals surface area contributed by atoms with Crippen LogP contribution < -0.4 is 5.32 Å². The van der Waals surface area contributed by atoms with Crippen LogP contribution in [-0.4, -0.2) is 29.5 Å². The summed E-state index contributed by atoms with van der Waals surface area (Å²) in [5.74, 6) is 1.67. The Balaban J connectivity index is 1.84. The molecule has 2 unspecified atom stereocenters. The van der Waals surface area contributed by atoms with Crippen molar-refractivity contribution in [3.8, 4) is 0 Å². The zero-order valence-electron chi connectivity index (χ0n) is 12.4. The molecular formula is C15H27N3O. The largest absolute Gasteiger partial charge is 0.383 e. The molecule has 0 saturated heterocycles. The fraction of sp³-hybridized carbons (Fsp3) is 0.800. The zero-order chi connectivity index (χ0) is 13.7. The van der Waals surface area contributed by atoms with Crippen LogP contribution in [0.3, 0.4) is 0 Å². The van der Waals surface area contributed by atoms with E-state index in [4.69, 9.17) is 4.74 Å². The van der Waals surface area contributed by atoms with Crippen LogP contribution in [0.1, 0.15) is 39.5 Å². The van der Waals surface area contributed by atoms with Crippen LogP contribution in [0.5, 0.6) is 0 Å². The first kappa shape index (κ1) is 14.4. The average Bonchev–Trinajstić information content (AvgIpc) is 2.84. The molecule has 0 bridgehead atoms. The summed E-state index contributed by atoms with van der Waals surface area (Å²) in [7, 11) is 1.72. The minimum absolute atomic E-state index is 0.612. The molecule has 0 aromatic carbocycles.